The molecule has 156 valence electrons. The fourth-order valence-corrected chi connectivity index (χ4v) is 4.00. The average Bonchev–Trinajstić information content (AvgIpc) is 2.70. The molecule has 10 heteroatoms. The maximum atomic E-state index is 13.3. The van der Waals surface area contributed by atoms with E-state index in [2.05, 4.69) is 10.0 Å². The lowest BCUT2D eigenvalue weighted by Gasteiger charge is -2.14. The minimum atomic E-state index is -4.06. The molecule has 0 aliphatic rings. The summed E-state index contributed by atoms with van der Waals surface area (Å²) in [4.78, 5) is 12.4. The molecular weight excluding hydrogens is 454 g/mol. The third kappa shape index (κ3) is 5.02. The van der Waals surface area contributed by atoms with Crippen LogP contribution < -0.4 is 14.8 Å². The van der Waals surface area contributed by atoms with Crippen LogP contribution >= 0.6 is 23.2 Å². The number of ether oxygens (including phenoxy) is 1. The molecule has 0 saturated carbocycles. The quantitative estimate of drug-likeness (QED) is 0.520. The summed E-state index contributed by atoms with van der Waals surface area (Å²) in [6.07, 6.45) is 0. The summed E-state index contributed by atoms with van der Waals surface area (Å²) < 4.78 is 46.3. The van der Waals surface area contributed by atoms with Gasteiger partial charge in [-0.15, -0.1) is 0 Å². The van der Waals surface area contributed by atoms with Gasteiger partial charge in [-0.2, -0.15) is 0 Å². The number of halogens is 3. The Morgan fingerprint density at radius 2 is 1.80 bits per heavy atom. The van der Waals surface area contributed by atoms with Crippen molar-refractivity contribution in [1.29, 1.82) is 0 Å². The highest BCUT2D eigenvalue weighted by Gasteiger charge is 2.19. The molecular formula is C20H15Cl2FN2O4S. The van der Waals surface area contributed by atoms with Crippen molar-refractivity contribution in [1.82, 2.24) is 0 Å². The van der Waals surface area contributed by atoms with E-state index in [1.165, 1.54) is 37.4 Å². The van der Waals surface area contributed by atoms with E-state index in [0.29, 0.717) is 5.02 Å². The Morgan fingerprint density at radius 3 is 2.47 bits per heavy atom. The summed E-state index contributed by atoms with van der Waals surface area (Å²) in [5.74, 6) is -0.909. The SMILES string of the molecule is COc1ccc(S(=O)(=O)Nc2ccc(F)c(Cl)c2)cc1NC(=O)c1cccc(Cl)c1. The molecule has 1 amide bonds. The van der Waals surface area contributed by atoms with Gasteiger partial charge < -0.3 is 10.1 Å². The number of carbonyl (C=O) groups excluding carboxylic acids is 1. The highest BCUT2D eigenvalue weighted by molar-refractivity contribution is 7.92. The third-order valence-corrected chi connectivity index (χ3v) is 5.89. The second kappa shape index (κ2) is 8.91. The van der Waals surface area contributed by atoms with Crippen LogP contribution in [-0.2, 0) is 10.0 Å². The highest BCUT2D eigenvalue weighted by Crippen LogP contribution is 2.29. The largest absolute Gasteiger partial charge is 0.495 e. The van der Waals surface area contributed by atoms with Crippen molar-refractivity contribution in [3.63, 3.8) is 0 Å². The Hall–Kier alpha value is -2.81. The molecule has 0 heterocycles. The number of benzene rings is 3. The van der Waals surface area contributed by atoms with E-state index in [-0.39, 0.29) is 32.6 Å². The van der Waals surface area contributed by atoms with Crippen LogP contribution in [0.4, 0.5) is 15.8 Å². The monoisotopic (exact) mass is 468 g/mol. The van der Waals surface area contributed by atoms with Gasteiger partial charge in [-0.25, -0.2) is 12.8 Å². The first-order valence-corrected chi connectivity index (χ1v) is 10.7. The summed E-state index contributed by atoms with van der Waals surface area (Å²) in [5, 5.41) is 2.77. The molecule has 0 aromatic heterocycles. The lowest BCUT2D eigenvalue weighted by Crippen LogP contribution is -2.16. The second-order valence-electron chi connectivity index (χ2n) is 6.06. The van der Waals surface area contributed by atoms with E-state index in [0.717, 1.165) is 12.1 Å². The molecule has 0 atom stereocenters. The van der Waals surface area contributed by atoms with Gasteiger partial charge >= 0.3 is 0 Å². The van der Waals surface area contributed by atoms with Gasteiger partial charge in [0.15, 0.2) is 0 Å². The molecule has 2 N–H and O–H groups in total. The summed E-state index contributed by atoms with van der Waals surface area (Å²) in [6.45, 7) is 0. The fourth-order valence-electron chi connectivity index (χ4n) is 2.55. The van der Waals surface area contributed by atoms with Crippen molar-refractivity contribution in [2.45, 2.75) is 4.90 Å². The zero-order valence-electron chi connectivity index (χ0n) is 15.4. The predicted molar refractivity (Wildman–Crippen MR) is 115 cm³/mol. The molecule has 0 fully saturated rings. The van der Waals surface area contributed by atoms with Crippen LogP contribution in [0.25, 0.3) is 0 Å². The van der Waals surface area contributed by atoms with E-state index in [4.69, 9.17) is 27.9 Å². The molecule has 0 radical (unpaired) electrons. The van der Waals surface area contributed by atoms with Gasteiger partial charge in [0, 0.05) is 10.6 Å². The molecule has 3 aromatic rings. The molecule has 3 rings (SSSR count). The minimum absolute atomic E-state index is 0.0849. The lowest BCUT2D eigenvalue weighted by molar-refractivity contribution is 0.102. The predicted octanol–water partition coefficient (Wildman–Crippen LogP) is 5.19. The molecule has 3 aromatic carbocycles. The van der Waals surface area contributed by atoms with Crippen molar-refractivity contribution in [2.24, 2.45) is 0 Å². The number of methoxy groups -OCH3 is 1. The number of carbonyl (C=O) groups is 1. The smallest absolute Gasteiger partial charge is 0.261 e. The van der Waals surface area contributed by atoms with Crippen molar-refractivity contribution in [2.75, 3.05) is 17.1 Å². The topological polar surface area (TPSA) is 84.5 Å². The maximum absolute atomic E-state index is 13.3. The number of nitrogens with one attached hydrogen (secondary N) is 2. The summed E-state index contributed by atoms with van der Waals surface area (Å²) in [6, 6.07) is 13.7. The molecule has 0 unspecified atom stereocenters. The molecule has 0 spiro atoms. The first-order chi connectivity index (χ1) is 14.2. The van der Waals surface area contributed by atoms with Crippen LogP contribution in [0, 0.1) is 5.82 Å². The van der Waals surface area contributed by atoms with Crippen LogP contribution in [0.15, 0.2) is 65.6 Å². The number of rotatable bonds is 6. The zero-order chi connectivity index (χ0) is 21.9. The van der Waals surface area contributed by atoms with Gasteiger partial charge in [0.05, 0.1) is 28.4 Å². The van der Waals surface area contributed by atoms with E-state index in [1.807, 2.05) is 0 Å². The zero-order valence-corrected chi connectivity index (χ0v) is 17.8. The minimum Gasteiger partial charge on any atom is -0.495 e. The summed E-state index contributed by atoms with van der Waals surface area (Å²) >= 11 is 11.6. The van der Waals surface area contributed by atoms with Gasteiger partial charge in [0.2, 0.25) is 0 Å². The fraction of sp³-hybridized carbons (Fsp3) is 0.0500. The van der Waals surface area contributed by atoms with Gasteiger partial charge in [0.1, 0.15) is 11.6 Å². The second-order valence-corrected chi connectivity index (χ2v) is 8.59. The number of sulfonamides is 1. The van der Waals surface area contributed by atoms with Crippen molar-refractivity contribution < 1.29 is 22.3 Å². The Kier molecular flexibility index (Phi) is 6.50. The summed E-state index contributed by atoms with van der Waals surface area (Å²) in [5.41, 5.74) is 0.515. The molecule has 0 saturated heterocycles. The molecule has 0 aliphatic carbocycles. The Labute approximate surface area is 182 Å². The van der Waals surface area contributed by atoms with Crippen LogP contribution in [0.3, 0.4) is 0 Å². The third-order valence-electron chi connectivity index (χ3n) is 3.99. The normalized spacial score (nSPS) is 11.1. The highest BCUT2D eigenvalue weighted by atomic mass is 35.5. The summed E-state index contributed by atoms with van der Waals surface area (Å²) in [7, 11) is -2.67. The van der Waals surface area contributed by atoms with Crippen LogP contribution in [0.5, 0.6) is 5.75 Å². The van der Waals surface area contributed by atoms with Crippen LogP contribution in [-0.4, -0.2) is 21.4 Å². The van der Waals surface area contributed by atoms with E-state index in [1.54, 1.807) is 18.2 Å². The molecule has 0 aliphatic heterocycles. The standard InChI is InChI=1S/C20H15Cl2FN2O4S/c1-29-19-8-6-15(30(27,28)25-14-5-7-17(23)16(22)10-14)11-18(19)24-20(26)12-3-2-4-13(21)9-12/h2-11,25H,1H3,(H,24,26). The van der Waals surface area contributed by atoms with E-state index >= 15 is 0 Å². The Morgan fingerprint density at radius 1 is 1.03 bits per heavy atom. The Bertz CT molecular complexity index is 1220. The van der Waals surface area contributed by atoms with E-state index in [9.17, 15) is 17.6 Å². The lowest BCUT2D eigenvalue weighted by atomic mass is 10.2. The molecule has 6 nitrogen and oxygen atoms in total. The Balaban J connectivity index is 1.91. The van der Waals surface area contributed by atoms with Crippen molar-refractivity contribution >= 4 is 50.5 Å². The number of hydrogen-bond acceptors (Lipinski definition) is 4. The number of amides is 1. The number of hydrogen-bond donors (Lipinski definition) is 2. The van der Waals surface area contributed by atoms with Crippen molar-refractivity contribution in [3.8, 4) is 5.75 Å². The van der Waals surface area contributed by atoms with E-state index < -0.39 is 21.7 Å². The first kappa shape index (κ1) is 21.9. The average molecular weight is 469 g/mol. The van der Waals surface area contributed by atoms with Crippen molar-refractivity contribution in [3.05, 3.63) is 82.1 Å². The first-order valence-electron chi connectivity index (χ1n) is 8.42. The maximum Gasteiger partial charge on any atom is 0.261 e. The van der Waals surface area contributed by atoms with Crippen LogP contribution in [0.2, 0.25) is 10.0 Å². The van der Waals surface area contributed by atoms with Gasteiger partial charge in [0.25, 0.3) is 15.9 Å². The van der Waals surface area contributed by atoms with Crippen LogP contribution in [0.1, 0.15) is 10.4 Å². The molecule has 30 heavy (non-hydrogen) atoms. The van der Waals surface area contributed by atoms with Gasteiger partial charge in [-0.3, -0.25) is 9.52 Å². The van der Waals surface area contributed by atoms with Gasteiger partial charge in [-0.1, -0.05) is 29.3 Å². The molecule has 0 bridgehead atoms. The number of anilines is 2. The van der Waals surface area contributed by atoms with Gasteiger partial charge in [-0.05, 0) is 54.6 Å².